The van der Waals surface area contributed by atoms with Crippen LogP contribution in [0.15, 0.2) is 24.3 Å². The minimum atomic E-state index is -0.634. The fourth-order valence-electron chi connectivity index (χ4n) is 2.29. The summed E-state index contributed by atoms with van der Waals surface area (Å²) in [6, 6.07) is 7.43. The van der Waals surface area contributed by atoms with Crippen molar-refractivity contribution in [1.82, 2.24) is 0 Å². The Labute approximate surface area is 123 Å². The van der Waals surface area contributed by atoms with Crippen molar-refractivity contribution in [3.63, 3.8) is 0 Å². The number of hydrogen-bond donors (Lipinski definition) is 1. The Morgan fingerprint density at radius 3 is 3.00 bits per heavy atom. The molecule has 1 aromatic rings. The highest BCUT2D eigenvalue weighted by Crippen LogP contribution is 2.38. The van der Waals surface area contributed by atoms with E-state index in [9.17, 15) is 4.79 Å². The van der Waals surface area contributed by atoms with Gasteiger partial charge in [-0.05, 0) is 31.5 Å². The number of esters is 1. The second-order valence-electron chi connectivity index (χ2n) is 4.76. The van der Waals surface area contributed by atoms with Gasteiger partial charge in [-0.15, -0.1) is 0 Å². The molecule has 1 N–H and O–H groups in total. The van der Waals surface area contributed by atoms with Crippen LogP contribution in [-0.2, 0) is 9.53 Å². The summed E-state index contributed by atoms with van der Waals surface area (Å²) < 4.78 is 5.23. The van der Waals surface area contributed by atoms with Crippen molar-refractivity contribution in [2.24, 2.45) is 0 Å². The molecule has 1 fully saturated rings. The largest absolute Gasteiger partial charge is 0.464 e. The Morgan fingerprint density at radius 2 is 2.42 bits per heavy atom. The SMILES string of the molecule is CCOC(=O)C1(Nc2cccc(Cl)c2)CSC(C)C1. The number of anilines is 1. The summed E-state index contributed by atoms with van der Waals surface area (Å²) in [6.45, 7) is 4.36. The van der Waals surface area contributed by atoms with E-state index in [1.165, 1.54) is 0 Å². The highest BCUT2D eigenvalue weighted by molar-refractivity contribution is 8.00. The van der Waals surface area contributed by atoms with Gasteiger partial charge in [0.05, 0.1) is 6.61 Å². The Balaban J connectivity index is 2.21. The van der Waals surface area contributed by atoms with Crippen LogP contribution in [0.25, 0.3) is 0 Å². The standard InChI is InChI=1S/C14H18ClNO2S/c1-3-18-13(17)14(8-10(2)19-9-14)16-12-6-4-5-11(15)7-12/h4-7,10,16H,3,8-9H2,1-2H3. The van der Waals surface area contributed by atoms with Crippen molar-refractivity contribution in [1.29, 1.82) is 0 Å². The third kappa shape index (κ3) is 3.37. The Bertz CT molecular complexity index is 469. The van der Waals surface area contributed by atoms with E-state index in [1.54, 1.807) is 11.8 Å². The van der Waals surface area contributed by atoms with Crippen LogP contribution in [0.3, 0.4) is 0 Å². The van der Waals surface area contributed by atoms with Gasteiger partial charge in [0.2, 0.25) is 0 Å². The quantitative estimate of drug-likeness (QED) is 0.863. The van der Waals surface area contributed by atoms with Gasteiger partial charge in [-0.1, -0.05) is 24.6 Å². The van der Waals surface area contributed by atoms with E-state index in [2.05, 4.69) is 12.2 Å². The first-order chi connectivity index (χ1) is 9.05. The minimum absolute atomic E-state index is 0.174. The first-order valence-electron chi connectivity index (χ1n) is 6.38. The molecule has 2 unspecified atom stereocenters. The zero-order chi connectivity index (χ0) is 13.9. The second kappa shape index (κ2) is 6.06. The lowest BCUT2D eigenvalue weighted by Crippen LogP contribution is -2.48. The van der Waals surface area contributed by atoms with Crippen LogP contribution >= 0.6 is 23.4 Å². The van der Waals surface area contributed by atoms with Crippen molar-refractivity contribution in [3.05, 3.63) is 29.3 Å². The maximum Gasteiger partial charge on any atom is 0.332 e. The van der Waals surface area contributed by atoms with E-state index >= 15 is 0 Å². The van der Waals surface area contributed by atoms with Crippen LogP contribution < -0.4 is 5.32 Å². The summed E-state index contributed by atoms with van der Waals surface area (Å²) in [5.41, 5.74) is 0.223. The molecule has 1 aromatic carbocycles. The number of benzene rings is 1. The Morgan fingerprint density at radius 1 is 1.63 bits per heavy atom. The highest BCUT2D eigenvalue weighted by Gasteiger charge is 2.46. The van der Waals surface area contributed by atoms with Gasteiger partial charge in [-0.2, -0.15) is 11.8 Å². The maximum atomic E-state index is 12.3. The smallest absolute Gasteiger partial charge is 0.332 e. The number of thioether (sulfide) groups is 1. The molecule has 5 heteroatoms. The van der Waals surface area contributed by atoms with Crippen LogP contribution in [0.2, 0.25) is 5.02 Å². The number of carbonyl (C=O) groups is 1. The summed E-state index contributed by atoms with van der Waals surface area (Å²) in [6.07, 6.45) is 0.767. The third-order valence-electron chi connectivity index (χ3n) is 3.12. The lowest BCUT2D eigenvalue weighted by Gasteiger charge is -2.28. The van der Waals surface area contributed by atoms with E-state index in [0.29, 0.717) is 16.9 Å². The molecule has 1 heterocycles. The highest BCUT2D eigenvalue weighted by atomic mass is 35.5. The lowest BCUT2D eigenvalue weighted by atomic mass is 9.95. The normalized spacial score (nSPS) is 26.2. The van der Waals surface area contributed by atoms with Crippen molar-refractivity contribution >= 4 is 35.0 Å². The van der Waals surface area contributed by atoms with Crippen LogP contribution in [0.1, 0.15) is 20.3 Å². The molecule has 2 atom stereocenters. The maximum absolute atomic E-state index is 12.3. The molecule has 0 saturated carbocycles. The first-order valence-corrected chi connectivity index (χ1v) is 7.81. The lowest BCUT2D eigenvalue weighted by molar-refractivity contribution is -0.147. The van der Waals surface area contributed by atoms with E-state index in [4.69, 9.17) is 16.3 Å². The molecule has 104 valence electrons. The van der Waals surface area contributed by atoms with E-state index in [-0.39, 0.29) is 5.97 Å². The number of ether oxygens (including phenoxy) is 1. The zero-order valence-electron chi connectivity index (χ0n) is 11.1. The van der Waals surface area contributed by atoms with Gasteiger partial charge in [-0.25, -0.2) is 4.79 Å². The minimum Gasteiger partial charge on any atom is -0.464 e. The molecule has 0 aliphatic carbocycles. The monoisotopic (exact) mass is 299 g/mol. The molecule has 3 nitrogen and oxygen atoms in total. The van der Waals surface area contributed by atoms with E-state index in [1.807, 2.05) is 31.2 Å². The molecule has 0 bridgehead atoms. The number of rotatable bonds is 4. The molecule has 0 aromatic heterocycles. The van der Waals surface area contributed by atoms with Crippen LogP contribution in [-0.4, -0.2) is 29.1 Å². The molecular formula is C14H18ClNO2S. The molecule has 0 amide bonds. The van der Waals surface area contributed by atoms with E-state index < -0.39 is 5.54 Å². The first kappa shape index (κ1) is 14.5. The van der Waals surface area contributed by atoms with Gasteiger partial charge < -0.3 is 10.1 Å². The van der Waals surface area contributed by atoms with Crippen molar-refractivity contribution in [3.8, 4) is 0 Å². The summed E-state index contributed by atoms with van der Waals surface area (Å²) in [7, 11) is 0. The van der Waals surface area contributed by atoms with Gasteiger partial charge in [0.1, 0.15) is 5.54 Å². The van der Waals surface area contributed by atoms with Gasteiger partial charge in [0.25, 0.3) is 0 Å². The van der Waals surface area contributed by atoms with Crippen molar-refractivity contribution < 1.29 is 9.53 Å². The number of hydrogen-bond acceptors (Lipinski definition) is 4. The molecule has 1 aliphatic heterocycles. The van der Waals surface area contributed by atoms with Gasteiger partial charge in [0, 0.05) is 21.7 Å². The molecule has 2 rings (SSSR count). The predicted octanol–water partition coefficient (Wildman–Crippen LogP) is 3.58. The Hall–Kier alpha value is -0.870. The van der Waals surface area contributed by atoms with Crippen LogP contribution in [0.5, 0.6) is 0 Å². The fraction of sp³-hybridized carbons (Fsp3) is 0.500. The summed E-state index contributed by atoms with van der Waals surface area (Å²) in [5.74, 6) is 0.548. The predicted molar refractivity (Wildman–Crippen MR) is 81.0 cm³/mol. The molecule has 0 radical (unpaired) electrons. The zero-order valence-corrected chi connectivity index (χ0v) is 12.7. The summed E-state index contributed by atoms with van der Waals surface area (Å²) in [4.78, 5) is 12.3. The van der Waals surface area contributed by atoms with Crippen LogP contribution in [0, 0.1) is 0 Å². The van der Waals surface area contributed by atoms with Crippen molar-refractivity contribution in [2.75, 3.05) is 17.7 Å². The van der Waals surface area contributed by atoms with Gasteiger partial charge >= 0.3 is 5.97 Å². The second-order valence-corrected chi connectivity index (χ2v) is 6.63. The average Bonchev–Trinajstić information content (AvgIpc) is 2.72. The summed E-state index contributed by atoms with van der Waals surface area (Å²) in [5, 5.41) is 4.43. The Kier molecular flexibility index (Phi) is 4.63. The average molecular weight is 300 g/mol. The number of halogens is 1. The molecule has 1 saturated heterocycles. The molecular weight excluding hydrogens is 282 g/mol. The van der Waals surface area contributed by atoms with Gasteiger partial charge in [0.15, 0.2) is 0 Å². The third-order valence-corrected chi connectivity index (χ3v) is 4.75. The number of carbonyl (C=O) groups excluding carboxylic acids is 1. The van der Waals surface area contributed by atoms with Crippen molar-refractivity contribution in [2.45, 2.75) is 31.1 Å². The number of nitrogens with one attached hydrogen (secondary N) is 1. The fourth-order valence-corrected chi connectivity index (χ4v) is 3.75. The summed E-state index contributed by atoms with van der Waals surface area (Å²) >= 11 is 7.77. The van der Waals surface area contributed by atoms with E-state index in [0.717, 1.165) is 17.9 Å². The van der Waals surface area contributed by atoms with Crippen LogP contribution in [0.4, 0.5) is 5.69 Å². The van der Waals surface area contributed by atoms with Gasteiger partial charge in [-0.3, -0.25) is 0 Å². The molecule has 1 aliphatic rings. The molecule has 0 spiro atoms. The molecule has 19 heavy (non-hydrogen) atoms. The topological polar surface area (TPSA) is 38.3 Å².